The Bertz CT molecular complexity index is 840. The van der Waals surface area contributed by atoms with Crippen LogP contribution in [-0.4, -0.2) is 5.91 Å². The number of carbonyl (C=O) groups is 1. The van der Waals surface area contributed by atoms with E-state index < -0.39 is 0 Å². The van der Waals surface area contributed by atoms with E-state index in [9.17, 15) is 4.79 Å². The summed E-state index contributed by atoms with van der Waals surface area (Å²) in [7, 11) is 0. The summed E-state index contributed by atoms with van der Waals surface area (Å²) >= 11 is 13.8. The molecular weight excluding hydrogens is 337 g/mol. The number of hydrogen-bond donors (Lipinski definition) is 1. The molecule has 3 aromatic rings. The van der Waals surface area contributed by atoms with Crippen LogP contribution in [-0.2, 0) is 6.42 Å². The molecule has 0 atom stereocenters. The van der Waals surface area contributed by atoms with Gasteiger partial charge in [-0.2, -0.15) is 0 Å². The lowest BCUT2D eigenvalue weighted by Crippen LogP contribution is -2.10. The molecule has 1 aromatic heterocycles. The minimum atomic E-state index is -0.216. The summed E-state index contributed by atoms with van der Waals surface area (Å²) in [6, 6.07) is 13.3. The molecule has 22 heavy (non-hydrogen) atoms. The second-order valence-corrected chi connectivity index (χ2v) is 6.70. The Labute approximate surface area is 142 Å². The lowest BCUT2D eigenvalue weighted by atomic mass is 10.1. The summed E-state index contributed by atoms with van der Waals surface area (Å²) < 4.78 is 0.906. The Morgan fingerprint density at radius 2 is 1.86 bits per heavy atom. The maximum atomic E-state index is 12.4. The van der Waals surface area contributed by atoms with Gasteiger partial charge < -0.3 is 5.32 Å². The summed E-state index contributed by atoms with van der Waals surface area (Å²) in [5.41, 5.74) is 1.98. The number of amides is 1. The molecule has 5 heteroatoms. The van der Waals surface area contributed by atoms with E-state index in [-0.39, 0.29) is 5.91 Å². The zero-order valence-corrected chi connectivity index (χ0v) is 14.1. The van der Waals surface area contributed by atoms with Crippen LogP contribution in [0.5, 0.6) is 0 Å². The third-order valence-corrected chi connectivity index (χ3v) is 5.39. The molecule has 0 fully saturated rings. The van der Waals surface area contributed by atoms with Crippen molar-refractivity contribution in [2.75, 3.05) is 5.32 Å². The average Bonchev–Trinajstić information content (AvgIpc) is 2.86. The Morgan fingerprint density at radius 3 is 2.50 bits per heavy atom. The van der Waals surface area contributed by atoms with Crippen LogP contribution in [0.25, 0.3) is 10.1 Å². The fourth-order valence-corrected chi connectivity index (χ4v) is 4.08. The first-order valence-corrected chi connectivity index (χ1v) is 8.44. The first kappa shape index (κ1) is 15.3. The van der Waals surface area contributed by atoms with Gasteiger partial charge in [-0.05, 0) is 36.2 Å². The van der Waals surface area contributed by atoms with E-state index in [4.69, 9.17) is 23.2 Å². The van der Waals surface area contributed by atoms with Crippen LogP contribution in [0.4, 0.5) is 5.69 Å². The zero-order chi connectivity index (χ0) is 15.7. The van der Waals surface area contributed by atoms with Gasteiger partial charge in [0, 0.05) is 15.8 Å². The van der Waals surface area contributed by atoms with Crippen LogP contribution in [0.15, 0.2) is 42.5 Å². The van der Waals surface area contributed by atoms with Crippen molar-refractivity contribution in [3.63, 3.8) is 0 Å². The molecule has 0 radical (unpaired) electrons. The molecule has 1 N–H and O–H groups in total. The van der Waals surface area contributed by atoms with E-state index in [1.54, 1.807) is 6.07 Å². The predicted molar refractivity (Wildman–Crippen MR) is 95.6 cm³/mol. The Balaban J connectivity index is 1.91. The molecular formula is C17H13Cl2NOS. The van der Waals surface area contributed by atoms with Crippen LogP contribution >= 0.6 is 34.5 Å². The number of anilines is 1. The molecule has 0 spiro atoms. The molecule has 2 nitrogen and oxygen atoms in total. The fourth-order valence-electron chi connectivity index (χ4n) is 2.23. The van der Waals surface area contributed by atoms with Crippen LogP contribution in [0.1, 0.15) is 22.2 Å². The average molecular weight is 350 g/mol. The molecule has 0 bridgehead atoms. The van der Waals surface area contributed by atoms with Gasteiger partial charge in [0.15, 0.2) is 0 Å². The number of fused-ring (bicyclic) bond motifs is 1. The number of rotatable bonds is 3. The van der Waals surface area contributed by atoms with Crippen molar-refractivity contribution in [1.29, 1.82) is 0 Å². The van der Waals surface area contributed by atoms with E-state index in [2.05, 4.69) is 12.2 Å². The smallest absolute Gasteiger partial charge is 0.267 e. The minimum absolute atomic E-state index is 0.216. The van der Waals surface area contributed by atoms with E-state index in [0.717, 1.165) is 22.2 Å². The van der Waals surface area contributed by atoms with Crippen molar-refractivity contribution in [3.8, 4) is 0 Å². The first-order valence-electron chi connectivity index (χ1n) is 6.87. The van der Waals surface area contributed by atoms with Crippen molar-refractivity contribution in [1.82, 2.24) is 0 Å². The highest BCUT2D eigenvalue weighted by Gasteiger charge is 2.18. The molecule has 0 saturated carbocycles. The van der Waals surface area contributed by atoms with Gasteiger partial charge in [-0.1, -0.05) is 48.3 Å². The predicted octanol–water partition coefficient (Wildman–Crippen LogP) is 6.02. The zero-order valence-electron chi connectivity index (χ0n) is 11.8. The van der Waals surface area contributed by atoms with E-state index >= 15 is 0 Å². The number of benzene rings is 2. The third-order valence-electron chi connectivity index (χ3n) is 3.43. The number of nitrogens with one attached hydrogen (secondary N) is 1. The standard InChI is InChI=1S/C17H13Cl2NOS/c1-2-10-6-8-11(9-7-10)20-17(21)16-15(19)14-12(18)4-3-5-13(14)22-16/h3-9H,2H2,1H3,(H,20,21). The summed E-state index contributed by atoms with van der Waals surface area (Å²) in [5, 5.41) is 4.58. The Hall–Kier alpha value is -1.55. The summed E-state index contributed by atoms with van der Waals surface area (Å²) in [6.45, 7) is 2.09. The minimum Gasteiger partial charge on any atom is -0.321 e. The summed E-state index contributed by atoms with van der Waals surface area (Å²) in [5.74, 6) is -0.216. The molecule has 3 rings (SSSR count). The van der Waals surface area contributed by atoms with Crippen molar-refractivity contribution in [3.05, 3.63) is 63.0 Å². The van der Waals surface area contributed by atoms with E-state index in [1.165, 1.54) is 16.9 Å². The number of hydrogen-bond acceptors (Lipinski definition) is 2. The van der Waals surface area contributed by atoms with Gasteiger partial charge in [-0.15, -0.1) is 11.3 Å². The molecule has 1 heterocycles. The van der Waals surface area contributed by atoms with Crippen LogP contribution in [0.2, 0.25) is 10.0 Å². The molecule has 0 unspecified atom stereocenters. The number of aryl methyl sites for hydroxylation is 1. The van der Waals surface area contributed by atoms with Gasteiger partial charge in [0.05, 0.1) is 10.0 Å². The SMILES string of the molecule is CCc1ccc(NC(=O)c2sc3cccc(Cl)c3c2Cl)cc1. The number of halogens is 2. The second kappa shape index (κ2) is 6.29. The Kier molecular flexibility index (Phi) is 4.39. The molecule has 1 amide bonds. The van der Waals surface area contributed by atoms with Crippen molar-refractivity contribution in [2.45, 2.75) is 13.3 Å². The molecule has 112 valence electrons. The highest BCUT2D eigenvalue weighted by molar-refractivity contribution is 7.21. The maximum Gasteiger partial charge on any atom is 0.267 e. The van der Waals surface area contributed by atoms with Crippen LogP contribution < -0.4 is 5.32 Å². The molecule has 0 saturated heterocycles. The largest absolute Gasteiger partial charge is 0.321 e. The maximum absolute atomic E-state index is 12.4. The topological polar surface area (TPSA) is 29.1 Å². The van der Waals surface area contributed by atoms with Crippen molar-refractivity contribution < 1.29 is 4.79 Å². The van der Waals surface area contributed by atoms with E-state index in [0.29, 0.717) is 14.9 Å². The van der Waals surface area contributed by atoms with Crippen LogP contribution in [0.3, 0.4) is 0 Å². The third kappa shape index (κ3) is 2.84. The lowest BCUT2D eigenvalue weighted by Gasteiger charge is -2.05. The highest BCUT2D eigenvalue weighted by atomic mass is 35.5. The summed E-state index contributed by atoms with van der Waals surface area (Å²) in [6.07, 6.45) is 0.967. The van der Waals surface area contributed by atoms with Crippen LogP contribution in [0, 0.1) is 0 Å². The van der Waals surface area contributed by atoms with Gasteiger partial charge in [0.2, 0.25) is 0 Å². The van der Waals surface area contributed by atoms with Gasteiger partial charge in [-0.3, -0.25) is 4.79 Å². The highest BCUT2D eigenvalue weighted by Crippen LogP contribution is 2.39. The second-order valence-electron chi connectivity index (χ2n) is 4.86. The normalized spacial score (nSPS) is 10.9. The molecule has 0 aliphatic heterocycles. The molecule has 0 aliphatic carbocycles. The number of thiophene rings is 1. The van der Waals surface area contributed by atoms with Crippen molar-refractivity contribution >= 4 is 56.2 Å². The summed E-state index contributed by atoms with van der Waals surface area (Å²) in [4.78, 5) is 12.9. The van der Waals surface area contributed by atoms with Gasteiger partial charge in [-0.25, -0.2) is 0 Å². The van der Waals surface area contributed by atoms with E-state index in [1.807, 2.05) is 36.4 Å². The monoisotopic (exact) mass is 349 g/mol. The van der Waals surface area contributed by atoms with Gasteiger partial charge in [0.25, 0.3) is 5.91 Å². The molecule has 2 aromatic carbocycles. The lowest BCUT2D eigenvalue weighted by molar-refractivity contribution is 0.103. The first-order chi connectivity index (χ1) is 10.6. The quantitative estimate of drug-likeness (QED) is 0.615. The molecule has 0 aliphatic rings. The Morgan fingerprint density at radius 1 is 1.14 bits per heavy atom. The number of carbonyl (C=O) groups excluding carboxylic acids is 1. The van der Waals surface area contributed by atoms with Gasteiger partial charge >= 0.3 is 0 Å². The van der Waals surface area contributed by atoms with Crippen molar-refractivity contribution in [2.24, 2.45) is 0 Å². The van der Waals surface area contributed by atoms with Gasteiger partial charge in [0.1, 0.15) is 4.88 Å². The fraction of sp³-hybridized carbons (Fsp3) is 0.118.